The van der Waals surface area contributed by atoms with Crippen molar-refractivity contribution in [1.82, 2.24) is 0 Å². The normalized spacial score (nSPS) is 14.4. The van der Waals surface area contributed by atoms with Gasteiger partial charge in [0, 0.05) is 25.7 Å². The Bertz CT molecular complexity index is 1790. The molecule has 0 aliphatic heterocycles. The van der Waals surface area contributed by atoms with E-state index in [1.165, 1.54) is 186 Å². The van der Waals surface area contributed by atoms with Crippen molar-refractivity contribution in [3.05, 3.63) is 0 Å². The minimum Gasteiger partial charge on any atom is -0.462 e. The first-order valence-corrected chi connectivity index (χ1v) is 41.0. The van der Waals surface area contributed by atoms with Crippen LogP contribution in [0.4, 0.5) is 0 Å². The number of aliphatic hydroxyl groups excluding tert-OH is 1. The van der Waals surface area contributed by atoms with Crippen LogP contribution in [0, 0.1) is 11.8 Å². The molecule has 19 heteroatoms. The third kappa shape index (κ3) is 65.4. The molecule has 0 aliphatic rings. The molecule has 0 saturated carbocycles. The van der Waals surface area contributed by atoms with Crippen molar-refractivity contribution >= 4 is 39.5 Å². The molecular formula is C73H142O17P2. The summed E-state index contributed by atoms with van der Waals surface area (Å²) in [5, 5.41) is 10.6. The lowest BCUT2D eigenvalue weighted by Gasteiger charge is -2.21. The van der Waals surface area contributed by atoms with Crippen molar-refractivity contribution in [2.75, 3.05) is 39.6 Å². The van der Waals surface area contributed by atoms with E-state index < -0.39 is 97.5 Å². The SMILES string of the molecule is CCCCCCCCCCCCCCCCCC(=O)O[C@H](COC(=O)CCCCCCCCCCCCCCCC)COP(=O)(O)OC[C@@H](O)COP(=O)(O)OC[C@@H](COC(=O)CCCCCCCCC(C)CC)OC(=O)CCCCCCCCCCCCC(C)C. The first-order chi connectivity index (χ1) is 44.4. The number of unbranched alkanes of at least 4 members (excludes halogenated alkanes) is 41. The molecule has 92 heavy (non-hydrogen) atoms. The Balaban J connectivity index is 5.26. The Morgan fingerprint density at radius 1 is 0.315 bits per heavy atom. The van der Waals surface area contributed by atoms with Crippen molar-refractivity contribution in [1.29, 1.82) is 0 Å². The van der Waals surface area contributed by atoms with E-state index in [0.717, 1.165) is 108 Å². The van der Waals surface area contributed by atoms with Gasteiger partial charge in [0.15, 0.2) is 12.2 Å². The summed E-state index contributed by atoms with van der Waals surface area (Å²) in [6.07, 6.45) is 51.2. The summed E-state index contributed by atoms with van der Waals surface area (Å²) >= 11 is 0. The zero-order valence-electron chi connectivity index (χ0n) is 59.9. The molecular weight excluding hydrogens is 1210 g/mol. The second kappa shape index (κ2) is 65.0. The van der Waals surface area contributed by atoms with Crippen LogP contribution in [0.5, 0.6) is 0 Å². The molecule has 0 aliphatic carbocycles. The number of ether oxygens (including phenoxy) is 4. The molecule has 0 spiro atoms. The third-order valence-electron chi connectivity index (χ3n) is 17.3. The average molecular weight is 1350 g/mol. The number of esters is 4. The third-order valence-corrected chi connectivity index (χ3v) is 19.2. The lowest BCUT2D eigenvalue weighted by atomic mass is 10.00. The summed E-state index contributed by atoms with van der Waals surface area (Å²) in [7, 11) is -9.91. The van der Waals surface area contributed by atoms with E-state index in [2.05, 4.69) is 41.5 Å². The van der Waals surface area contributed by atoms with Gasteiger partial charge in [0.2, 0.25) is 0 Å². The fourth-order valence-corrected chi connectivity index (χ4v) is 12.7. The standard InChI is InChI=1S/C73H142O17P2/c1-7-10-12-14-16-18-20-22-24-26-28-33-37-45-51-57-72(77)89-68(61-83-70(75)55-49-43-36-32-27-25-23-21-19-17-15-13-11-8-2)63-87-91(79,80)85-59-67(74)60-86-92(81,82)88-64-69(62-84-71(76)56-50-44-40-39-42-48-54-66(6)9-3)90-73(78)58-52-46-38-34-30-29-31-35-41-47-53-65(4)5/h65-69,74H,7-64H2,1-6H3,(H,79,80)(H,81,82)/t66?,67-,68-,69-/m1/s1. The number of phosphoric ester groups is 2. The van der Waals surface area contributed by atoms with E-state index in [0.29, 0.717) is 25.7 Å². The topological polar surface area (TPSA) is 237 Å². The average Bonchev–Trinajstić information content (AvgIpc) is 1.78. The number of phosphoric acid groups is 2. The molecule has 0 fully saturated rings. The maximum absolute atomic E-state index is 13.1. The van der Waals surface area contributed by atoms with Gasteiger partial charge in [-0.05, 0) is 37.5 Å². The van der Waals surface area contributed by atoms with E-state index in [1.54, 1.807) is 0 Å². The van der Waals surface area contributed by atoms with Crippen LogP contribution in [0.25, 0.3) is 0 Å². The zero-order chi connectivity index (χ0) is 67.9. The minimum atomic E-state index is -4.95. The molecule has 0 aromatic carbocycles. The van der Waals surface area contributed by atoms with Crippen molar-refractivity contribution < 1.29 is 80.2 Å². The number of carbonyl (C=O) groups excluding carboxylic acids is 4. The molecule has 0 bridgehead atoms. The van der Waals surface area contributed by atoms with Gasteiger partial charge in [-0.25, -0.2) is 9.13 Å². The van der Waals surface area contributed by atoms with E-state index in [1.807, 2.05) is 0 Å². The molecule has 0 heterocycles. The highest BCUT2D eigenvalue weighted by molar-refractivity contribution is 7.47. The largest absolute Gasteiger partial charge is 0.472 e. The molecule has 0 saturated heterocycles. The van der Waals surface area contributed by atoms with Gasteiger partial charge in [-0.1, -0.05) is 324 Å². The predicted molar refractivity (Wildman–Crippen MR) is 372 cm³/mol. The summed E-state index contributed by atoms with van der Waals surface area (Å²) in [5.74, 6) is -0.636. The molecule has 3 N–H and O–H groups in total. The molecule has 0 aromatic heterocycles. The van der Waals surface area contributed by atoms with Crippen LogP contribution in [-0.4, -0.2) is 96.7 Å². The quantitative estimate of drug-likeness (QED) is 0.0222. The van der Waals surface area contributed by atoms with E-state index in [4.69, 9.17) is 37.0 Å². The van der Waals surface area contributed by atoms with Gasteiger partial charge in [-0.3, -0.25) is 37.3 Å². The van der Waals surface area contributed by atoms with Gasteiger partial charge in [0.25, 0.3) is 0 Å². The highest BCUT2D eigenvalue weighted by Gasteiger charge is 2.30. The number of aliphatic hydroxyl groups is 1. The number of hydrogen-bond donors (Lipinski definition) is 3. The number of rotatable bonds is 72. The lowest BCUT2D eigenvalue weighted by molar-refractivity contribution is -0.161. The van der Waals surface area contributed by atoms with E-state index >= 15 is 0 Å². The van der Waals surface area contributed by atoms with Gasteiger partial charge < -0.3 is 33.8 Å². The van der Waals surface area contributed by atoms with Crippen LogP contribution in [0.15, 0.2) is 0 Å². The summed E-state index contributed by atoms with van der Waals surface area (Å²) in [6.45, 7) is 9.53. The Hall–Kier alpha value is -1.94. The fraction of sp³-hybridized carbons (Fsp3) is 0.945. The van der Waals surface area contributed by atoms with E-state index in [-0.39, 0.29) is 25.7 Å². The molecule has 546 valence electrons. The first-order valence-electron chi connectivity index (χ1n) is 38.0. The van der Waals surface area contributed by atoms with Gasteiger partial charge in [-0.2, -0.15) is 0 Å². The first kappa shape index (κ1) is 90.1. The van der Waals surface area contributed by atoms with Crippen LogP contribution in [0.1, 0.15) is 375 Å². The summed E-state index contributed by atoms with van der Waals surface area (Å²) < 4.78 is 68.4. The summed E-state index contributed by atoms with van der Waals surface area (Å²) in [6, 6.07) is 0. The minimum absolute atomic E-state index is 0.105. The lowest BCUT2D eigenvalue weighted by Crippen LogP contribution is -2.30. The summed E-state index contributed by atoms with van der Waals surface area (Å²) in [4.78, 5) is 72.7. The fourth-order valence-electron chi connectivity index (χ4n) is 11.1. The Kier molecular flexibility index (Phi) is 63.7. The summed E-state index contributed by atoms with van der Waals surface area (Å²) in [5.41, 5.74) is 0. The number of carbonyl (C=O) groups is 4. The molecule has 17 nitrogen and oxygen atoms in total. The second-order valence-corrected chi connectivity index (χ2v) is 30.0. The molecule has 3 unspecified atom stereocenters. The van der Waals surface area contributed by atoms with Crippen LogP contribution in [0.3, 0.4) is 0 Å². The predicted octanol–water partition coefficient (Wildman–Crippen LogP) is 21.2. The molecule has 0 aromatic rings. The van der Waals surface area contributed by atoms with Crippen LogP contribution in [-0.2, 0) is 65.4 Å². The second-order valence-electron chi connectivity index (χ2n) is 27.1. The Morgan fingerprint density at radius 3 is 0.826 bits per heavy atom. The van der Waals surface area contributed by atoms with Crippen LogP contribution in [0.2, 0.25) is 0 Å². The zero-order valence-corrected chi connectivity index (χ0v) is 61.6. The van der Waals surface area contributed by atoms with E-state index in [9.17, 15) is 43.2 Å². The monoisotopic (exact) mass is 1350 g/mol. The molecule has 0 radical (unpaired) electrons. The van der Waals surface area contributed by atoms with Crippen LogP contribution < -0.4 is 0 Å². The molecule has 0 rings (SSSR count). The van der Waals surface area contributed by atoms with Crippen molar-refractivity contribution in [2.24, 2.45) is 11.8 Å². The maximum Gasteiger partial charge on any atom is 0.472 e. The van der Waals surface area contributed by atoms with Crippen molar-refractivity contribution in [3.63, 3.8) is 0 Å². The van der Waals surface area contributed by atoms with Gasteiger partial charge >= 0.3 is 39.5 Å². The highest BCUT2D eigenvalue weighted by Crippen LogP contribution is 2.45. The van der Waals surface area contributed by atoms with Gasteiger partial charge in [0.05, 0.1) is 26.4 Å². The van der Waals surface area contributed by atoms with Gasteiger partial charge in [-0.15, -0.1) is 0 Å². The smallest absolute Gasteiger partial charge is 0.462 e. The van der Waals surface area contributed by atoms with Crippen LogP contribution >= 0.6 is 15.6 Å². The Morgan fingerprint density at radius 2 is 0.554 bits per heavy atom. The maximum atomic E-state index is 13.1. The highest BCUT2D eigenvalue weighted by atomic mass is 31.2. The molecule has 6 atom stereocenters. The van der Waals surface area contributed by atoms with Gasteiger partial charge in [0.1, 0.15) is 19.3 Å². The van der Waals surface area contributed by atoms with Crippen molar-refractivity contribution in [3.8, 4) is 0 Å². The van der Waals surface area contributed by atoms with Crippen molar-refractivity contribution in [2.45, 2.75) is 394 Å². The molecule has 0 amide bonds. The number of hydrogen-bond acceptors (Lipinski definition) is 15. The Labute approximate surface area is 562 Å².